The summed E-state index contributed by atoms with van der Waals surface area (Å²) in [5.74, 6) is 1.85. The first-order valence-corrected chi connectivity index (χ1v) is 48.3. The first kappa shape index (κ1) is 135. The van der Waals surface area contributed by atoms with Gasteiger partial charge in [0.15, 0.2) is 0 Å². The fourth-order valence-electron chi connectivity index (χ4n) is 12.0. The van der Waals surface area contributed by atoms with Crippen LogP contribution in [0.15, 0.2) is 199 Å². The van der Waals surface area contributed by atoms with Crippen LogP contribution in [-0.4, -0.2) is 170 Å². The van der Waals surface area contributed by atoms with Gasteiger partial charge in [-0.25, -0.2) is 4.98 Å². The molecule has 13 N–H and O–H groups in total. The van der Waals surface area contributed by atoms with Crippen molar-refractivity contribution in [2.75, 3.05) is 46.7 Å². The second-order valence-electron chi connectivity index (χ2n) is 34.3. The van der Waals surface area contributed by atoms with Gasteiger partial charge in [-0.3, -0.25) is 48.6 Å². The largest absolute Gasteiger partial charge is 1.00 e. The first-order valence-electron chi connectivity index (χ1n) is 44.8. The van der Waals surface area contributed by atoms with Crippen LogP contribution in [-0.2, 0) is 69.4 Å². The third kappa shape index (κ3) is 50.7. The third-order valence-electron chi connectivity index (χ3n) is 19.3. The van der Waals surface area contributed by atoms with Gasteiger partial charge >= 0.3 is 103 Å². The molecule has 1 heterocycles. The molecular weight excluding hydrogens is 2120 g/mol. The molecule has 5 unspecified atom stereocenters. The maximum atomic E-state index is 12.9. The Labute approximate surface area is 970 Å². The van der Waals surface area contributed by atoms with Gasteiger partial charge in [-0.15, -0.1) is 12.4 Å². The number of ether oxygens (including phenoxy) is 6. The minimum Gasteiger partial charge on any atom is -1.00 e. The number of nitrogens with zero attached hydrogens (tertiary/aromatic N) is 1. The van der Waals surface area contributed by atoms with Gasteiger partial charge in [0.05, 0.1) is 87.3 Å². The number of halogens is 7. The Bertz CT molecular complexity index is 5530. The van der Waals surface area contributed by atoms with Gasteiger partial charge in [-0.2, -0.15) is 0 Å². The third-order valence-corrected chi connectivity index (χ3v) is 21.6. The Kier molecular flexibility index (Phi) is 65.5. The molecule has 8 aromatic carbocycles. The number of benzene rings is 8. The molecule has 39 heteroatoms. The number of rotatable bonds is 37. The quantitative estimate of drug-likeness (QED) is 0.00251. The van der Waals surface area contributed by atoms with E-state index < -0.39 is 42.1 Å². The summed E-state index contributed by atoms with van der Waals surface area (Å²) in [6, 6.07) is 46.5. The number of nitrogens with one attached hydrogen (secondary N) is 10. The summed E-state index contributed by atoms with van der Waals surface area (Å²) in [6.07, 6.45) is 2.44. The summed E-state index contributed by atoms with van der Waals surface area (Å²) in [6.45, 7) is 41.4. The van der Waals surface area contributed by atoms with Crippen LogP contribution in [0.1, 0.15) is 206 Å². The molecular formula is C104H135Br2Cl5K2N12O18. The van der Waals surface area contributed by atoms with E-state index in [1.165, 1.54) is 39.3 Å². The SMILES string of the molecule is C=C(C)OCC.C=C(OCC)c1ccc(CC(NC(=O)c2ccc(OC(C)C)c(Cl)c2)C(=O)NC)cc1.CC(C)(C)C(=N)N.CNC(=O)C(Cc1ccc(-c2cnc(C(C)(C)C)[nH]2)cc1)NC(=O)c1ccc(OC(C)C)c(Cl)c1.CNC(=O)C(Cc1ccc(Br)cc1)NC(=O)c1ccc(OC(C)C)c(Cl)c1.CNC(=O)C(Cc1ccc(C(O)CBr)cc1)NC(=O)c1ccc(OC(C)C)c(Cl)c1.Cl.O=CO[O-].[H-].[K+].[K+]. The summed E-state index contributed by atoms with van der Waals surface area (Å²) < 4.78 is 33.6. The number of likely N-dealkylation sites (N-methyl/N-ethyl adjacent to an activating group) is 4. The van der Waals surface area contributed by atoms with Crippen molar-refractivity contribution in [3.05, 3.63) is 281 Å². The molecule has 9 rings (SSSR count). The molecule has 0 saturated carbocycles. The van der Waals surface area contributed by atoms with Crippen LogP contribution in [0.5, 0.6) is 23.0 Å². The average Bonchev–Trinajstić information content (AvgIpc) is 1.64. The normalized spacial score (nSPS) is 11.5. The number of allylic oxidation sites excluding steroid dienone is 1. The number of aliphatic hydroxyl groups excluding tert-OH is 1. The zero-order valence-corrected chi connectivity index (χ0v) is 98.7. The van der Waals surface area contributed by atoms with Crippen LogP contribution < -0.4 is 175 Å². The molecule has 0 aliphatic heterocycles. The maximum Gasteiger partial charge on any atom is 1.00 e. The molecule has 0 spiro atoms. The van der Waals surface area contributed by atoms with E-state index >= 15 is 0 Å². The summed E-state index contributed by atoms with van der Waals surface area (Å²) in [7, 11) is 6.14. The molecule has 0 radical (unpaired) electrons. The molecule has 8 amide bonds. The van der Waals surface area contributed by atoms with E-state index in [9.17, 15) is 43.5 Å². The number of aromatic nitrogens is 2. The van der Waals surface area contributed by atoms with Gasteiger partial charge in [-0.1, -0.05) is 218 Å². The smallest absolute Gasteiger partial charge is 1.00 e. The Morgan fingerprint density at radius 3 is 0.979 bits per heavy atom. The van der Waals surface area contributed by atoms with Crippen molar-refractivity contribution in [3.63, 3.8) is 0 Å². The van der Waals surface area contributed by atoms with Gasteiger partial charge in [0.25, 0.3) is 30.1 Å². The topological polar surface area (TPSA) is 436 Å². The van der Waals surface area contributed by atoms with E-state index in [1.54, 1.807) is 73.8 Å². The Morgan fingerprint density at radius 1 is 0.497 bits per heavy atom. The summed E-state index contributed by atoms with van der Waals surface area (Å²) in [5.41, 5.74) is 13.5. The monoisotopic (exact) mass is 2250 g/mol. The molecule has 9 aromatic rings. The maximum absolute atomic E-state index is 12.9. The van der Waals surface area contributed by atoms with Crippen LogP contribution in [0.4, 0.5) is 0 Å². The van der Waals surface area contributed by atoms with Gasteiger partial charge in [0, 0.05) is 102 Å². The molecule has 0 aliphatic carbocycles. The van der Waals surface area contributed by atoms with Gasteiger partial charge in [0.2, 0.25) is 23.6 Å². The van der Waals surface area contributed by atoms with Crippen LogP contribution in [0.25, 0.3) is 17.0 Å². The second kappa shape index (κ2) is 69.6. The number of nitrogens with two attached hydrogens (primary N) is 1. The van der Waals surface area contributed by atoms with Crippen LogP contribution in [0.3, 0.4) is 0 Å². The van der Waals surface area contributed by atoms with E-state index in [0.717, 1.165) is 67.3 Å². The van der Waals surface area contributed by atoms with Gasteiger partial charge in [0.1, 0.15) is 58.7 Å². The van der Waals surface area contributed by atoms with Gasteiger partial charge < -0.3 is 98.4 Å². The zero-order valence-electron chi connectivity index (χ0n) is 86.5. The second-order valence-corrected chi connectivity index (χ2v) is 37.5. The van der Waals surface area contributed by atoms with Crippen LogP contribution >= 0.6 is 90.7 Å². The van der Waals surface area contributed by atoms with E-state index in [1.807, 2.05) is 188 Å². The Morgan fingerprint density at radius 2 is 0.762 bits per heavy atom. The number of amidine groups is 1. The Hall–Kier alpha value is -8.45. The predicted molar refractivity (Wildman–Crippen MR) is 567 cm³/mol. The van der Waals surface area contributed by atoms with Gasteiger partial charge in [-0.05, 0) is 194 Å². The standard InChI is InChI=1S/C27H33ClN4O3.C24H29ClN2O4.C22H26BrClN2O4.C20H22BrClN2O3.C5H12N2.C5H10O.CH2O3.ClH.2K.H/c1-16(2)35-23-12-11-19(14-20(23)28)24(33)31-21(25(34)29-6)13-17-7-9-18(10-8-17)22-15-30-26(32-22)27(3,4)5;1-6-30-16(4)18-9-7-17(8-10-18)13-21(24(29)26-5)27-23(28)19-11-12-22(20(25)14-19)31-15(2)3;1-13(2)30-20-9-8-16(11-17(20)24)21(28)26-18(22(29)25-3)10-14-4-6-15(7-5-14)19(27)12-23;1-12(2)27-18-9-6-14(11-16(18)22)19(25)24-17(20(26)23-3)10-13-4-7-15(21)8-5-13;1-5(2,3)4(6)7;1-4-6-5(2)3;2-1-4-3;;;;/h7-12,14-16,21H,13H2,1-6H3,(H,29,34)(H,30,32)(H,31,33);7-12,14-15,21H,4,6,13H2,1-3,5H3,(H,26,29)(H,27,28);4-9,11,13,18-19,27H,10,12H2,1-3H3,(H,25,29)(H,26,28);4-9,11-12,17H,10H2,1-3H3,(H,23,26)(H,24,25);1-3H3,(H3,6,7);2,4H2,1,3H3;1,3H;1H;;;/q;;;;;;;;2*+1;-1/p-1. The van der Waals surface area contributed by atoms with Crippen molar-refractivity contribution in [3.8, 4) is 34.3 Å². The Balaban J connectivity index is 0. The summed E-state index contributed by atoms with van der Waals surface area (Å²) in [5, 5.41) is 48.5. The first-order chi connectivity index (χ1) is 65.9. The summed E-state index contributed by atoms with van der Waals surface area (Å²) >= 11 is 31.5. The molecule has 1 aromatic heterocycles. The number of amides is 8. The molecule has 5 atom stereocenters. The number of imidazole rings is 1. The molecule has 770 valence electrons. The minimum absolute atomic E-state index is 0. The minimum atomic E-state index is -0.764. The molecule has 0 aliphatic rings. The number of hydrogen-bond donors (Lipinski definition) is 12. The van der Waals surface area contributed by atoms with Crippen LogP contribution in [0, 0.1) is 10.8 Å². The van der Waals surface area contributed by atoms with E-state index in [2.05, 4.69) is 123 Å². The number of aromatic amines is 1. The van der Waals surface area contributed by atoms with E-state index in [-0.39, 0.29) is 200 Å². The van der Waals surface area contributed by atoms with Crippen molar-refractivity contribution in [1.29, 1.82) is 5.41 Å². The van der Waals surface area contributed by atoms with Crippen molar-refractivity contribution in [1.82, 2.24) is 52.5 Å². The molecule has 0 saturated heterocycles. The molecule has 30 nitrogen and oxygen atoms in total. The van der Waals surface area contributed by atoms with Crippen molar-refractivity contribution in [2.45, 2.75) is 203 Å². The number of aliphatic hydroxyl groups is 1. The molecule has 0 fully saturated rings. The predicted octanol–water partition coefficient (Wildman–Crippen LogP) is 12.2. The number of alkyl halides is 1. The number of H-pyrrole nitrogens is 1. The molecule has 143 heavy (non-hydrogen) atoms. The average molecular weight is 2260 g/mol. The van der Waals surface area contributed by atoms with Crippen molar-refractivity contribution >= 4 is 156 Å². The van der Waals surface area contributed by atoms with Crippen molar-refractivity contribution in [2.24, 2.45) is 11.1 Å². The van der Waals surface area contributed by atoms with Crippen LogP contribution in [0.2, 0.25) is 20.1 Å². The number of hydrogen-bond acceptors (Lipinski definition) is 20. The molecule has 0 bridgehead atoms. The zero-order chi connectivity index (χ0) is 105. The van der Waals surface area contributed by atoms with E-state index in [0.29, 0.717) is 109 Å². The fraction of sp³-hybridized carbons (Fsp3) is 0.375. The van der Waals surface area contributed by atoms with E-state index in [4.69, 9.17) is 96.0 Å². The number of carbonyl (C=O) groups is 9. The summed E-state index contributed by atoms with van der Waals surface area (Å²) in [4.78, 5) is 119. The fourth-order valence-corrected chi connectivity index (χ4v) is 13.5. The van der Waals surface area contributed by atoms with Crippen molar-refractivity contribution < 1.29 is 191 Å². The number of carbonyl (C=O) groups excluding carboxylic acids is 9.